The van der Waals surface area contributed by atoms with Crippen molar-refractivity contribution in [3.63, 3.8) is 0 Å². The van der Waals surface area contributed by atoms with Crippen LogP contribution in [0.15, 0.2) is 36.7 Å². The molecule has 1 aromatic heterocycles. The molecule has 3 heterocycles. The van der Waals surface area contributed by atoms with Gasteiger partial charge in [-0.05, 0) is 49.9 Å². The summed E-state index contributed by atoms with van der Waals surface area (Å²) in [6.45, 7) is 3.73. The molecule has 0 bridgehead atoms. The topological polar surface area (TPSA) is 106 Å². The number of piperazine rings is 1. The predicted molar refractivity (Wildman–Crippen MR) is 155 cm³/mol. The van der Waals surface area contributed by atoms with Crippen molar-refractivity contribution >= 4 is 45.9 Å². The summed E-state index contributed by atoms with van der Waals surface area (Å²) in [6, 6.07) is 8.18. The lowest BCUT2D eigenvalue weighted by atomic mass is 10.2. The van der Waals surface area contributed by atoms with Gasteiger partial charge in [0.1, 0.15) is 24.6 Å². The SMILES string of the molecule is O=C1CC[C@@H](C(=O)N2CCN(CCOc3cc4ncnc(Nc5ccc(F)c(Cl)c5)c4cc3OC3CCCC3)CC2)O1. The van der Waals surface area contributed by atoms with Gasteiger partial charge in [0.15, 0.2) is 17.6 Å². The number of benzene rings is 2. The molecule has 1 amide bonds. The second kappa shape index (κ2) is 12.7. The van der Waals surface area contributed by atoms with Gasteiger partial charge in [-0.15, -0.1) is 0 Å². The van der Waals surface area contributed by atoms with Crippen molar-refractivity contribution in [2.45, 2.75) is 50.7 Å². The van der Waals surface area contributed by atoms with E-state index < -0.39 is 11.9 Å². The first-order chi connectivity index (χ1) is 20.4. The van der Waals surface area contributed by atoms with Crippen LogP contribution in [0.4, 0.5) is 15.9 Å². The molecule has 42 heavy (non-hydrogen) atoms. The molecular weight excluding hydrogens is 565 g/mol. The number of halogens is 2. The van der Waals surface area contributed by atoms with Crippen molar-refractivity contribution in [1.82, 2.24) is 19.8 Å². The molecule has 2 saturated heterocycles. The highest BCUT2D eigenvalue weighted by Gasteiger charge is 2.34. The van der Waals surface area contributed by atoms with E-state index in [1.165, 1.54) is 18.5 Å². The second-order valence-corrected chi connectivity index (χ2v) is 11.3. The standard InChI is InChI=1S/C30H33ClFN5O5/c31-22-15-19(5-6-23(22)32)35-29-21-16-27(41-20-3-1-2-4-20)26(17-24(21)33-18-34-29)40-14-13-36-9-11-37(12-10-36)30(39)25-7-8-28(38)42-25/h5-6,15-18,20,25H,1-4,7-14H2,(H,33,34,35)/t25-/m0/s1. The molecule has 1 N–H and O–H groups in total. The zero-order valence-electron chi connectivity index (χ0n) is 23.2. The van der Waals surface area contributed by atoms with Gasteiger partial charge in [0.2, 0.25) is 0 Å². The molecule has 3 aromatic rings. The normalized spacial score (nSPS) is 19.7. The minimum Gasteiger partial charge on any atom is -0.488 e. The van der Waals surface area contributed by atoms with Gasteiger partial charge in [-0.2, -0.15) is 0 Å². The molecule has 3 fully saturated rings. The monoisotopic (exact) mass is 597 g/mol. The van der Waals surface area contributed by atoms with Gasteiger partial charge in [0.05, 0.1) is 16.6 Å². The average Bonchev–Trinajstić information content (AvgIpc) is 3.67. The van der Waals surface area contributed by atoms with Gasteiger partial charge in [-0.1, -0.05) is 11.6 Å². The highest BCUT2D eigenvalue weighted by atomic mass is 35.5. The molecule has 0 radical (unpaired) electrons. The number of rotatable bonds is 9. The summed E-state index contributed by atoms with van der Waals surface area (Å²) in [5.41, 5.74) is 1.28. The van der Waals surface area contributed by atoms with Crippen molar-refractivity contribution in [2.75, 3.05) is 44.6 Å². The summed E-state index contributed by atoms with van der Waals surface area (Å²) < 4.78 is 31.5. The van der Waals surface area contributed by atoms with Gasteiger partial charge in [-0.25, -0.2) is 14.4 Å². The van der Waals surface area contributed by atoms with E-state index in [1.807, 2.05) is 12.1 Å². The minimum atomic E-state index is -0.633. The number of aromatic nitrogens is 2. The van der Waals surface area contributed by atoms with Crippen LogP contribution < -0.4 is 14.8 Å². The number of cyclic esters (lactones) is 1. The molecule has 3 aliphatic rings. The number of carbonyl (C=O) groups is 2. The number of esters is 1. The fraction of sp³-hybridized carbons (Fsp3) is 0.467. The Morgan fingerprint density at radius 3 is 2.62 bits per heavy atom. The Bertz CT molecular complexity index is 1460. The quantitative estimate of drug-likeness (QED) is 0.351. The Morgan fingerprint density at radius 2 is 1.88 bits per heavy atom. The van der Waals surface area contributed by atoms with Crippen LogP contribution in [-0.4, -0.2) is 83.2 Å². The molecule has 2 aliphatic heterocycles. The van der Waals surface area contributed by atoms with E-state index in [-0.39, 0.29) is 23.0 Å². The lowest BCUT2D eigenvalue weighted by Gasteiger charge is -2.35. The third-order valence-corrected chi connectivity index (χ3v) is 8.28. The summed E-state index contributed by atoms with van der Waals surface area (Å²) in [5.74, 6) is 0.901. The van der Waals surface area contributed by atoms with Crippen molar-refractivity contribution in [2.24, 2.45) is 0 Å². The minimum absolute atomic E-state index is 0.0200. The molecule has 6 rings (SSSR count). The zero-order valence-corrected chi connectivity index (χ0v) is 23.9. The van der Waals surface area contributed by atoms with Crippen LogP contribution in [0.5, 0.6) is 11.5 Å². The lowest BCUT2D eigenvalue weighted by molar-refractivity contribution is -0.153. The first kappa shape index (κ1) is 28.4. The average molecular weight is 598 g/mol. The summed E-state index contributed by atoms with van der Waals surface area (Å²) in [5, 5.41) is 3.98. The van der Waals surface area contributed by atoms with Crippen LogP contribution in [-0.2, 0) is 14.3 Å². The number of fused-ring (bicyclic) bond motifs is 1. The molecule has 222 valence electrons. The number of hydrogen-bond donors (Lipinski definition) is 1. The molecule has 0 unspecified atom stereocenters. The largest absolute Gasteiger partial charge is 0.488 e. The van der Waals surface area contributed by atoms with E-state index >= 15 is 0 Å². The summed E-state index contributed by atoms with van der Waals surface area (Å²) in [4.78, 5) is 36.9. The highest BCUT2D eigenvalue weighted by molar-refractivity contribution is 6.31. The first-order valence-electron chi connectivity index (χ1n) is 14.4. The number of carbonyl (C=O) groups excluding carboxylic acids is 2. The Hall–Kier alpha value is -3.70. The highest BCUT2D eigenvalue weighted by Crippen LogP contribution is 2.37. The Morgan fingerprint density at radius 1 is 1.07 bits per heavy atom. The third-order valence-electron chi connectivity index (χ3n) is 7.99. The zero-order chi connectivity index (χ0) is 29.1. The molecule has 12 heteroatoms. The number of nitrogens with one attached hydrogen (secondary N) is 1. The Balaban J connectivity index is 1.12. The van der Waals surface area contributed by atoms with Crippen molar-refractivity contribution in [3.8, 4) is 11.5 Å². The van der Waals surface area contributed by atoms with E-state index in [0.29, 0.717) is 80.7 Å². The fourth-order valence-electron chi connectivity index (χ4n) is 5.64. The van der Waals surface area contributed by atoms with Gasteiger partial charge < -0.3 is 24.4 Å². The van der Waals surface area contributed by atoms with E-state index in [2.05, 4.69) is 20.2 Å². The maximum absolute atomic E-state index is 13.7. The van der Waals surface area contributed by atoms with Crippen molar-refractivity contribution < 1.29 is 28.2 Å². The number of anilines is 2. The number of nitrogens with zero attached hydrogens (tertiary/aromatic N) is 4. The van der Waals surface area contributed by atoms with Crippen LogP contribution in [0.2, 0.25) is 5.02 Å². The van der Waals surface area contributed by atoms with Crippen LogP contribution in [0.3, 0.4) is 0 Å². The van der Waals surface area contributed by atoms with Gasteiger partial charge >= 0.3 is 5.97 Å². The smallest absolute Gasteiger partial charge is 0.306 e. The summed E-state index contributed by atoms with van der Waals surface area (Å²) in [7, 11) is 0. The van der Waals surface area contributed by atoms with Gasteiger partial charge in [0, 0.05) is 62.7 Å². The molecule has 2 aromatic carbocycles. The fourth-order valence-corrected chi connectivity index (χ4v) is 5.83. The Labute approximate surface area is 248 Å². The number of ether oxygens (including phenoxy) is 3. The van der Waals surface area contributed by atoms with Crippen LogP contribution in [0, 0.1) is 5.82 Å². The van der Waals surface area contributed by atoms with Crippen LogP contribution >= 0.6 is 11.6 Å². The second-order valence-electron chi connectivity index (χ2n) is 10.8. The van der Waals surface area contributed by atoms with E-state index in [1.54, 1.807) is 11.0 Å². The van der Waals surface area contributed by atoms with Crippen LogP contribution in [0.25, 0.3) is 10.9 Å². The van der Waals surface area contributed by atoms with E-state index in [4.69, 9.17) is 25.8 Å². The lowest BCUT2D eigenvalue weighted by Crippen LogP contribution is -2.52. The molecule has 1 aliphatic carbocycles. The maximum atomic E-state index is 13.7. The molecule has 1 atom stereocenters. The molecule has 10 nitrogen and oxygen atoms in total. The maximum Gasteiger partial charge on any atom is 0.306 e. The molecular formula is C30H33ClFN5O5. The van der Waals surface area contributed by atoms with E-state index in [9.17, 15) is 14.0 Å². The predicted octanol–water partition coefficient (Wildman–Crippen LogP) is 4.72. The summed E-state index contributed by atoms with van der Waals surface area (Å²) in [6.07, 6.45) is 5.97. The number of hydrogen-bond acceptors (Lipinski definition) is 9. The van der Waals surface area contributed by atoms with Gasteiger partial charge in [0.25, 0.3) is 5.91 Å². The molecule has 0 spiro atoms. The van der Waals surface area contributed by atoms with Crippen molar-refractivity contribution in [1.29, 1.82) is 0 Å². The van der Waals surface area contributed by atoms with E-state index in [0.717, 1.165) is 31.1 Å². The Kier molecular flexibility index (Phi) is 8.57. The van der Waals surface area contributed by atoms with Gasteiger partial charge in [-0.3, -0.25) is 14.5 Å². The number of amides is 1. The van der Waals surface area contributed by atoms with Crippen molar-refractivity contribution in [3.05, 3.63) is 47.5 Å². The van der Waals surface area contributed by atoms with Crippen LogP contribution in [0.1, 0.15) is 38.5 Å². The molecule has 1 saturated carbocycles. The first-order valence-corrected chi connectivity index (χ1v) is 14.8. The summed E-state index contributed by atoms with van der Waals surface area (Å²) >= 11 is 5.98. The third kappa shape index (κ3) is 6.52.